The standard InChI is InChI=1S/C40H41ClN8O8/c1-42-33(51)21-57-31-17-24-16-25(9-10-28(24)48(38(31)54)15-13-22-7-8-22)44-35-27(41)18-43-40(46-35)47-14-3-4-23(19-47)20-56-30-6-2-5-26-34(30)39(55)49(37(26)53)29-11-12-32(50)45-36(29)52/h2,5-6,9-10,16-18,22-23,29H,3-4,7-8,11-15,19-21H2,1H3,(H,42,51)(H,43,44,46)(H,45,50,52)/t23-,29?/m0/s1. The molecular formula is C40H41ClN8O8. The Kier molecular flexibility index (Phi) is 10.5. The van der Waals surface area contributed by atoms with Gasteiger partial charge in [-0.3, -0.25) is 39.0 Å². The summed E-state index contributed by atoms with van der Waals surface area (Å²) in [4.78, 5) is 88.6. The largest absolute Gasteiger partial charge is 0.492 e. The van der Waals surface area contributed by atoms with Crippen LogP contribution < -0.4 is 35.9 Å². The lowest BCUT2D eigenvalue weighted by molar-refractivity contribution is -0.136. The van der Waals surface area contributed by atoms with Gasteiger partial charge in [-0.05, 0) is 68.0 Å². The number of likely N-dealkylation sites (N-methyl/N-ethyl adjacent to an activating group) is 1. The SMILES string of the molecule is CNC(=O)COc1cc2cc(Nc3nc(N4CCC[C@H](COc5cccc6c5C(=O)N(C5CCC(=O)NC5=O)C6=O)C4)ncc3Cl)ccc2n(CCC2CC2)c1=O. The summed E-state index contributed by atoms with van der Waals surface area (Å²) in [5.41, 5.74) is 1.40. The van der Waals surface area contributed by atoms with Gasteiger partial charge in [0.15, 0.2) is 18.2 Å². The van der Waals surface area contributed by atoms with E-state index in [0.717, 1.165) is 47.9 Å². The maximum Gasteiger partial charge on any atom is 0.293 e. The number of carbonyl (C=O) groups excluding carboxylic acids is 5. The molecule has 0 radical (unpaired) electrons. The Balaban J connectivity index is 0.961. The van der Waals surface area contributed by atoms with Crippen molar-refractivity contribution in [3.63, 3.8) is 0 Å². The van der Waals surface area contributed by atoms with E-state index in [4.69, 9.17) is 26.1 Å². The molecule has 2 aromatic heterocycles. The number of imide groups is 2. The molecule has 3 N–H and O–H groups in total. The van der Waals surface area contributed by atoms with E-state index < -0.39 is 29.7 Å². The third-order valence-electron chi connectivity index (χ3n) is 10.9. The van der Waals surface area contributed by atoms with Gasteiger partial charge < -0.3 is 29.6 Å². The third-order valence-corrected chi connectivity index (χ3v) is 11.1. The molecule has 57 heavy (non-hydrogen) atoms. The van der Waals surface area contributed by atoms with Crippen LogP contribution in [0.15, 0.2) is 53.5 Å². The summed E-state index contributed by atoms with van der Waals surface area (Å²) in [6.07, 6.45) is 6.53. The molecule has 2 aromatic carbocycles. The van der Waals surface area contributed by atoms with E-state index in [-0.39, 0.29) is 66.1 Å². The molecule has 5 amide bonds. The summed E-state index contributed by atoms with van der Waals surface area (Å²) in [6.45, 7) is 1.77. The van der Waals surface area contributed by atoms with Crippen molar-refractivity contribution in [2.75, 3.05) is 43.6 Å². The van der Waals surface area contributed by atoms with Gasteiger partial charge in [0.05, 0.1) is 29.4 Å². The van der Waals surface area contributed by atoms with Gasteiger partial charge in [0.25, 0.3) is 23.3 Å². The van der Waals surface area contributed by atoms with Crippen molar-refractivity contribution in [2.45, 2.75) is 57.5 Å². The topological polar surface area (TPSA) is 194 Å². The molecule has 4 aliphatic rings. The number of anilines is 3. The predicted molar refractivity (Wildman–Crippen MR) is 209 cm³/mol. The number of ether oxygens (including phenoxy) is 2. The highest BCUT2D eigenvalue weighted by molar-refractivity contribution is 6.33. The molecule has 5 heterocycles. The Labute approximate surface area is 331 Å². The van der Waals surface area contributed by atoms with Crippen LogP contribution in [0.25, 0.3) is 10.9 Å². The first-order chi connectivity index (χ1) is 27.6. The lowest BCUT2D eigenvalue weighted by Crippen LogP contribution is -2.54. The van der Waals surface area contributed by atoms with Crippen LogP contribution in [0, 0.1) is 11.8 Å². The number of benzene rings is 2. The van der Waals surface area contributed by atoms with Gasteiger partial charge in [0, 0.05) is 50.1 Å². The highest BCUT2D eigenvalue weighted by Crippen LogP contribution is 2.36. The smallest absolute Gasteiger partial charge is 0.293 e. The van der Waals surface area contributed by atoms with Gasteiger partial charge in [0.2, 0.25) is 17.8 Å². The summed E-state index contributed by atoms with van der Waals surface area (Å²) in [7, 11) is 1.51. The molecule has 0 spiro atoms. The van der Waals surface area contributed by atoms with E-state index in [1.54, 1.807) is 22.8 Å². The van der Waals surface area contributed by atoms with Crippen LogP contribution in [0.1, 0.15) is 65.7 Å². The summed E-state index contributed by atoms with van der Waals surface area (Å²) in [5.74, 6) is -0.812. The van der Waals surface area contributed by atoms with Crippen LogP contribution >= 0.6 is 11.6 Å². The molecule has 16 nitrogen and oxygen atoms in total. The minimum atomic E-state index is -1.07. The first kappa shape index (κ1) is 37.9. The van der Waals surface area contributed by atoms with E-state index in [1.165, 1.54) is 19.3 Å². The lowest BCUT2D eigenvalue weighted by atomic mass is 9.99. The van der Waals surface area contributed by atoms with E-state index in [0.29, 0.717) is 48.0 Å². The van der Waals surface area contributed by atoms with Gasteiger partial charge in [-0.25, -0.2) is 4.98 Å². The average Bonchev–Trinajstić information content (AvgIpc) is 4.01. The lowest BCUT2D eigenvalue weighted by Gasteiger charge is -2.33. The first-order valence-electron chi connectivity index (χ1n) is 19.1. The third kappa shape index (κ3) is 7.86. The Morgan fingerprint density at radius 2 is 1.82 bits per heavy atom. The van der Waals surface area contributed by atoms with Crippen molar-refractivity contribution in [2.24, 2.45) is 11.8 Å². The Hall–Kier alpha value is -6.03. The second-order valence-electron chi connectivity index (χ2n) is 14.8. The van der Waals surface area contributed by atoms with Gasteiger partial charge in [-0.1, -0.05) is 30.5 Å². The fourth-order valence-corrected chi connectivity index (χ4v) is 7.77. The van der Waals surface area contributed by atoms with Crippen molar-refractivity contribution in [1.82, 2.24) is 30.1 Å². The summed E-state index contributed by atoms with van der Waals surface area (Å²) in [5, 5.41) is 9.08. The number of amides is 5. The van der Waals surface area contributed by atoms with Crippen LogP contribution in [0.4, 0.5) is 17.5 Å². The Bertz CT molecular complexity index is 2360. The van der Waals surface area contributed by atoms with E-state index in [9.17, 15) is 28.8 Å². The van der Waals surface area contributed by atoms with Crippen LogP contribution in [0.3, 0.4) is 0 Å². The number of fused-ring (bicyclic) bond motifs is 2. The van der Waals surface area contributed by atoms with Crippen molar-refractivity contribution in [3.05, 3.63) is 75.2 Å². The molecule has 0 bridgehead atoms. The highest BCUT2D eigenvalue weighted by atomic mass is 35.5. The number of carbonyl (C=O) groups is 5. The van der Waals surface area contributed by atoms with Gasteiger partial charge in [0.1, 0.15) is 16.8 Å². The number of halogens is 1. The van der Waals surface area contributed by atoms with Gasteiger partial charge in [-0.2, -0.15) is 4.98 Å². The minimum Gasteiger partial charge on any atom is -0.492 e. The van der Waals surface area contributed by atoms with E-state index in [1.807, 2.05) is 23.1 Å². The van der Waals surface area contributed by atoms with Crippen LogP contribution in [-0.2, 0) is 20.9 Å². The van der Waals surface area contributed by atoms with Crippen LogP contribution in [0.2, 0.25) is 5.02 Å². The molecule has 296 valence electrons. The minimum absolute atomic E-state index is 0.0292. The van der Waals surface area contributed by atoms with Crippen molar-refractivity contribution in [1.29, 1.82) is 0 Å². The maximum atomic E-state index is 13.5. The number of hydrogen-bond donors (Lipinski definition) is 3. The number of piperidine rings is 2. The highest BCUT2D eigenvalue weighted by Gasteiger charge is 2.46. The normalized spacial score (nSPS) is 19.4. The molecule has 4 aromatic rings. The predicted octanol–water partition coefficient (Wildman–Crippen LogP) is 3.81. The van der Waals surface area contributed by atoms with E-state index >= 15 is 0 Å². The molecule has 2 saturated heterocycles. The summed E-state index contributed by atoms with van der Waals surface area (Å²) >= 11 is 6.60. The summed E-state index contributed by atoms with van der Waals surface area (Å²) < 4.78 is 13.6. The van der Waals surface area contributed by atoms with E-state index in [2.05, 4.69) is 20.9 Å². The molecule has 2 atom stereocenters. The zero-order chi connectivity index (χ0) is 39.8. The molecule has 8 rings (SSSR count). The fourth-order valence-electron chi connectivity index (χ4n) is 7.63. The zero-order valence-corrected chi connectivity index (χ0v) is 32.0. The summed E-state index contributed by atoms with van der Waals surface area (Å²) in [6, 6.07) is 11.0. The van der Waals surface area contributed by atoms with Crippen molar-refractivity contribution >= 4 is 69.5 Å². The number of aromatic nitrogens is 3. The number of nitrogens with one attached hydrogen (secondary N) is 3. The van der Waals surface area contributed by atoms with Crippen molar-refractivity contribution < 1.29 is 33.4 Å². The number of hydrogen-bond acceptors (Lipinski definition) is 12. The molecular weight excluding hydrogens is 756 g/mol. The van der Waals surface area contributed by atoms with Crippen LogP contribution in [-0.4, -0.2) is 88.4 Å². The second-order valence-corrected chi connectivity index (χ2v) is 15.2. The maximum absolute atomic E-state index is 13.5. The van der Waals surface area contributed by atoms with Gasteiger partial charge >= 0.3 is 0 Å². The average molecular weight is 797 g/mol. The van der Waals surface area contributed by atoms with Crippen LogP contribution in [0.5, 0.6) is 11.5 Å². The molecule has 1 saturated carbocycles. The molecule has 17 heteroatoms. The van der Waals surface area contributed by atoms with Gasteiger partial charge in [-0.15, -0.1) is 0 Å². The molecule has 1 unspecified atom stereocenters. The number of aryl methyl sites for hydroxylation is 1. The molecule has 3 fully saturated rings. The Morgan fingerprint density at radius 1 is 0.982 bits per heavy atom. The monoisotopic (exact) mass is 796 g/mol. The number of pyridine rings is 1. The number of nitrogens with zero attached hydrogens (tertiary/aromatic N) is 5. The van der Waals surface area contributed by atoms with Crippen molar-refractivity contribution in [3.8, 4) is 11.5 Å². The Morgan fingerprint density at radius 3 is 2.61 bits per heavy atom. The molecule has 3 aliphatic heterocycles. The fraction of sp³-hybridized carbons (Fsp3) is 0.400. The second kappa shape index (κ2) is 15.8. The quantitative estimate of drug-likeness (QED) is 0.166. The first-order valence-corrected chi connectivity index (χ1v) is 19.5. The molecule has 1 aliphatic carbocycles. The zero-order valence-electron chi connectivity index (χ0n) is 31.2. The number of rotatable bonds is 13.